The quantitative estimate of drug-likeness (QED) is 0.570. The number of anilines is 2. The number of hydrogen-bond donors (Lipinski definition) is 1. The number of quaternary nitrogens is 1. The summed E-state index contributed by atoms with van der Waals surface area (Å²) in [5, 5.41) is 10.4. The van der Waals surface area contributed by atoms with Crippen molar-refractivity contribution in [3.63, 3.8) is 0 Å². The highest BCUT2D eigenvalue weighted by molar-refractivity contribution is 5.95. The van der Waals surface area contributed by atoms with E-state index < -0.39 is 0 Å². The standard InChI is InChI=1S/C25H31FN3O2/c1-27-12-13-28-22-11-15-29(17-30,16-21(22)20-4-2-5-23(27)25(20)28)14-3-6-24(31)18-7-9-19(26)10-8-18/h2,4-5,7-10,21-22,30H,3,6,11-17H2,1H3/q+1/t21-,22-,29?/m0/s1. The van der Waals surface area contributed by atoms with Crippen molar-refractivity contribution in [2.24, 2.45) is 0 Å². The van der Waals surface area contributed by atoms with Crippen molar-refractivity contribution in [3.05, 3.63) is 59.4 Å². The summed E-state index contributed by atoms with van der Waals surface area (Å²) in [5.41, 5.74) is 4.71. The normalized spacial score (nSPS) is 26.5. The monoisotopic (exact) mass is 424 g/mol. The van der Waals surface area contributed by atoms with Gasteiger partial charge in [-0.05, 0) is 35.9 Å². The number of halogens is 1. The first-order chi connectivity index (χ1) is 15.0. The number of aliphatic hydroxyl groups is 1. The summed E-state index contributed by atoms with van der Waals surface area (Å²) < 4.78 is 13.8. The number of aliphatic hydroxyl groups excluding tert-OH is 1. The third kappa shape index (κ3) is 3.52. The van der Waals surface area contributed by atoms with E-state index in [2.05, 4.69) is 35.0 Å². The SMILES string of the molecule is CN1CCN2c3c(cccc31)[C@@H]1C[N+](CO)(CCCC(=O)c3ccc(F)cc3)CC[C@@H]12. The number of likely N-dealkylation sites (N-methyl/N-ethyl adjacent to an activating group) is 1. The van der Waals surface area contributed by atoms with E-state index in [0.29, 0.717) is 28.4 Å². The summed E-state index contributed by atoms with van der Waals surface area (Å²) in [6.07, 6.45) is 2.22. The van der Waals surface area contributed by atoms with Gasteiger partial charge in [0.15, 0.2) is 12.5 Å². The molecule has 1 fully saturated rings. The van der Waals surface area contributed by atoms with Gasteiger partial charge in [0.05, 0.1) is 36.9 Å². The number of piperidine rings is 1. The first kappa shape index (κ1) is 20.5. The number of rotatable bonds is 6. The Balaban J connectivity index is 1.29. The highest BCUT2D eigenvalue weighted by Gasteiger charge is 2.49. The average Bonchev–Trinajstić information content (AvgIpc) is 3.10. The van der Waals surface area contributed by atoms with Crippen LogP contribution in [0.5, 0.6) is 0 Å². The first-order valence-electron chi connectivity index (χ1n) is 11.4. The van der Waals surface area contributed by atoms with Gasteiger partial charge in [0.2, 0.25) is 0 Å². The Morgan fingerprint density at radius 2 is 2.00 bits per heavy atom. The second-order valence-corrected chi connectivity index (χ2v) is 9.44. The Morgan fingerprint density at radius 3 is 2.77 bits per heavy atom. The number of carbonyl (C=O) groups is 1. The van der Waals surface area contributed by atoms with Gasteiger partial charge in [-0.25, -0.2) is 4.39 Å². The maximum Gasteiger partial charge on any atom is 0.180 e. The van der Waals surface area contributed by atoms with Crippen LogP contribution < -0.4 is 9.80 Å². The third-order valence-corrected chi connectivity index (χ3v) is 7.67. The molecule has 1 N–H and O–H groups in total. The molecule has 164 valence electrons. The van der Waals surface area contributed by atoms with Crippen molar-refractivity contribution in [3.8, 4) is 0 Å². The molecule has 6 heteroatoms. The van der Waals surface area contributed by atoms with E-state index >= 15 is 0 Å². The maximum atomic E-state index is 13.1. The Kier molecular flexibility index (Phi) is 5.22. The minimum atomic E-state index is -0.326. The largest absolute Gasteiger partial charge is 0.371 e. The predicted molar refractivity (Wildman–Crippen MR) is 120 cm³/mol. The summed E-state index contributed by atoms with van der Waals surface area (Å²) in [7, 11) is 2.17. The fourth-order valence-corrected chi connectivity index (χ4v) is 5.96. The Labute approximate surface area is 183 Å². The number of likely N-dealkylation sites (tertiary alicyclic amines) is 1. The molecule has 3 aliphatic rings. The number of ketones is 1. The fraction of sp³-hybridized carbons (Fsp3) is 0.480. The lowest BCUT2D eigenvalue weighted by molar-refractivity contribution is -0.950. The van der Waals surface area contributed by atoms with Crippen LogP contribution in [0.25, 0.3) is 0 Å². The van der Waals surface area contributed by atoms with Crippen molar-refractivity contribution >= 4 is 17.2 Å². The topological polar surface area (TPSA) is 43.8 Å². The summed E-state index contributed by atoms with van der Waals surface area (Å²) in [5.74, 6) is 0.144. The van der Waals surface area contributed by atoms with Crippen LogP contribution in [0.3, 0.4) is 0 Å². The van der Waals surface area contributed by atoms with E-state index in [-0.39, 0.29) is 18.3 Å². The van der Waals surface area contributed by atoms with Crippen molar-refractivity contribution in [2.75, 3.05) is 56.3 Å². The van der Waals surface area contributed by atoms with Gasteiger partial charge in [0.1, 0.15) is 5.82 Å². The predicted octanol–water partition coefficient (Wildman–Crippen LogP) is 3.38. The molecule has 2 aromatic rings. The number of nitrogens with zero attached hydrogens (tertiary/aromatic N) is 3. The van der Waals surface area contributed by atoms with E-state index in [1.54, 1.807) is 12.1 Å². The Bertz CT molecular complexity index is 979. The molecule has 0 aliphatic carbocycles. The minimum Gasteiger partial charge on any atom is -0.371 e. The summed E-state index contributed by atoms with van der Waals surface area (Å²) in [4.78, 5) is 17.4. The molecule has 0 amide bonds. The van der Waals surface area contributed by atoms with Gasteiger partial charge in [-0.15, -0.1) is 0 Å². The number of fused-ring (bicyclic) bond motifs is 3. The van der Waals surface area contributed by atoms with Crippen LogP contribution in [-0.2, 0) is 0 Å². The molecule has 2 aromatic carbocycles. The van der Waals surface area contributed by atoms with E-state index in [9.17, 15) is 14.3 Å². The highest BCUT2D eigenvalue weighted by atomic mass is 19.1. The maximum absolute atomic E-state index is 13.1. The number of benzene rings is 2. The zero-order chi connectivity index (χ0) is 21.6. The number of hydrogen-bond acceptors (Lipinski definition) is 4. The molecule has 3 heterocycles. The molecule has 5 rings (SSSR count). The van der Waals surface area contributed by atoms with Gasteiger partial charge in [0.25, 0.3) is 0 Å². The lowest BCUT2D eigenvalue weighted by atomic mass is 9.87. The lowest BCUT2D eigenvalue weighted by Crippen LogP contribution is -2.59. The van der Waals surface area contributed by atoms with E-state index in [1.807, 2.05) is 0 Å². The van der Waals surface area contributed by atoms with Crippen LogP contribution in [0.15, 0.2) is 42.5 Å². The van der Waals surface area contributed by atoms with Gasteiger partial charge >= 0.3 is 0 Å². The Morgan fingerprint density at radius 1 is 1.19 bits per heavy atom. The van der Waals surface area contributed by atoms with Crippen LogP contribution in [0.2, 0.25) is 0 Å². The number of carbonyl (C=O) groups excluding carboxylic acids is 1. The molecule has 3 atom stereocenters. The van der Waals surface area contributed by atoms with Crippen LogP contribution in [0.1, 0.15) is 41.1 Å². The van der Waals surface area contributed by atoms with E-state index in [1.165, 1.54) is 29.1 Å². The summed E-state index contributed by atoms with van der Waals surface area (Å²) in [6, 6.07) is 13.0. The molecule has 0 spiro atoms. The molecule has 31 heavy (non-hydrogen) atoms. The molecular formula is C25H31FN3O2+. The van der Waals surface area contributed by atoms with Crippen molar-refractivity contribution in [2.45, 2.75) is 31.2 Å². The molecule has 0 saturated carbocycles. The second-order valence-electron chi connectivity index (χ2n) is 9.44. The lowest BCUT2D eigenvalue weighted by Gasteiger charge is -2.46. The summed E-state index contributed by atoms with van der Waals surface area (Å²) in [6.45, 7) is 4.88. The van der Waals surface area contributed by atoms with Crippen LogP contribution in [0.4, 0.5) is 15.8 Å². The average molecular weight is 425 g/mol. The number of para-hydroxylation sites is 1. The fourth-order valence-electron chi connectivity index (χ4n) is 5.96. The van der Waals surface area contributed by atoms with Gasteiger partial charge < -0.3 is 19.4 Å². The minimum absolute atomic E-state index is 0.0435. The third-order valence-electron chi connectivity index (χ3n) is 7.67. The molecule has 0 radical (unpaired) electrons. The number of Topliss-reactive ketones (excluding diaryl/α,β-unsaturated/α-hetero) is 1. The molecule has 3 aliphatic heterocycles. The van der Waals surface area contributed by atoms with Crippen molar-refractivity contribution in [1.29, 1.82) is 0 Å². The molecule has 0 aromatic heterocycles. The molecular weight excluding hydrogens is 393 g/mol. The summed E-state index contributed by atoms with van der Waals surface area (Å²) >= 11 is 0. The van der Waals surface area contributed by atoms with Gasteiger partial charge in [-0.3, -0.25) is 4.79 Å². The molecule has 5 nitrogen and oxygen atoms in total. The Hall–Kier alpha value is -2.44. The van der Waals surface area contributed by atoms with Crippen LogP contribution >= 0.6 is 0 Å². The first-order valence-corrected chi connectivity index (χ1v) is 11.4. The molecule has 1 saturated heterocycles. The van der Waals surface area contributed by atoms with E-state index in [0.717, 1.165) is 45.6 Å². The van der Waals surface area contributed by atoms with Crippen LogP contribution in [-0.4, -0.2) is 67.9 Å². The zero-order valence-corrected chi connectivity index (χ0v) is 18.1. The van der Waals surface area contributed by atoms with Crippen molar-refractivity contribution < 1.29 is 18.8 Å². The van der Waals surface area contributed by atoms with E-state index in [4.69, 9.17) is 0 Å². The van der Waals surface area contributed by atoms with Crippen LogP contribution in [0, 0.1) is 5.82 Å². The van der Waals surface area contributed by atoms with Gasteiger partial charge in [0, 0.05) is 51.0 Å². The van der Waals surface area contributed by atoms with Gasteiger partial charge in [-0.2, -0.15) is 0 Å². The molecule has 0 bridgehead atoms. The second kappa shape index (κ2) is 7.92. The van der Waals surface area contributed by atoms with Gasteiger partial charge in [-0.1, -0.05) is 12.1 Å². The smallest absolute Gasteiger partial charge is 0.180 e. The zero-order valence-electron chi connectivity index (χ0n) is 18.1. The van der Waals surface area contributed by atoms with Crippen molar-refractivity contribution in [1.82, 2.24) is 0 Å². The highest BCUT2D eigenvalue weighted by Crippen LogP contribution is 2.51. The molecule has 1 unspecified atom stereocenters.